The van der Waals surface area contributed by atoms with E-state index in [-0.39, 0.29) is 0 Å². The Morgan fingerprint density at radius 3 is 1.24 bits per heavy atom. The van der Waals surface area contributed by atoms with E-state index in [1.807, 2.05) is 0 Å². The van der Waals surface area contributed by atoms with E-state index in [0.29, 0.717) is 0 Å². The molecule has 0 atom stereocenters. The first-order valence-electron chi connectivity index (χ1n) is 11.2. The predicted molar refractivity (Wildman–Crippen MR) is 130 cm³/mol. The summed E-state index contributed by atoms with van der Waals surface area (Å²) in [6, 6.07) is 19.7. The van der Waals surface area contributed by atoms with Crippen LogP contribution in [0.25, 0.3) is 11.1 Å². The second kappa shape index (κ2) is 11.0. The van der Waals surface area contributed by atoms with Crippen LogP contribution in [0.4, 0.5) is 0 Å². The van der Waals surface area contributed by atoms with E-state index in [9.17, 15) is 0 Å². The molecule has 0 nitrogen and oxygen atoms in total. The minimum absolute atomic E-state index is 1.09. The smallest absolute Gasteiger partial charge is 0.0149 e. The van der Waals surface area contributed by atoms with Gasteiger partial charge in [-0.15, -0.1) is 0 Å². The lowest BCUT2D eigenvalue weighted by Crippen LogP contribution is -1.99. The van der Waals surface area contributed by atoms with E-state index in [1.54, 1.807) is 11.1 Å². The zero-order valence-electron chi connectivity index (χ0n) is 19.5. The van der Waals surface area contributed by atoms with Crippen molar-refractivity contribution in [3.63, 3.8) is 0 Å². The van der Waals surface area contributed by atoms with Crippen LogP contribution >= 0.6 is 0 Å². The summed E-state index contributed by atoms with van der Waals surface area (Å²) in [5.41, 5.74) is 13.2. The Hall–Kier alpha value is -2.34. The molecule has 3 aromatic rings. The molecule has 0 fully saturated rings. The van der Waals surface area contributed by atoms with Gasteiger partial charge in [0.05, 0.1) is 0 Å². The molecule has 154 valence electrons. The number of aryl methyl sites for hydroxylation is 4. The van der Waals surface area contributed by atoms with Gasteiger partial charge in [0.2, 0.25) is 0 Å². The Balaban J connectivity index is 0.000000212. The van der Waals surface area contributed by atoms with Crippen LogP contribution in [-0.2, 0) is 25.7 Å². The molecule has 0 heteroatoms. The van der Waals surface area contributed by atoms with Gasteiger partial charge in [-0.05, 0) is 96.5 Å². The summed E-state index contributed by atoms with van der Waals surface area (Å²) in [6.45, 7) is 15.6. The number of benzene rings is 3. The highest BCUT2D eigenvalue weighted by Crippen LogP contribution is 2.27. The van der Waals surface area contributed by atoms with Gasteiger partial charge in [-0.2, -0.15) is 0 Å². The Morgan fingerprint density at radius 2 is 0.897 bits per heavy atom. The van der Waals surface area contributed by atoms with Gasteiger partial charge in [-0.1, -0.05) is 82.3 Å². The first kappa shape index (κ1) is 22.9. The summed E-state index contributed by atoms with van der Waals surface area (Å²) >= 11 is 0. The Labute approximate surface area is 179 Å². The molecule has 0 N–H and O–H groups in total. The van der Waals surface area contributed by atoms with Crippen molar-refractivity contribution in [3.05, 3.63) is 93.5 Å². The molecule has 0 aromatic heterocycles. The van der Waals surface area contributed by atoms with Gasteiger partial charge in [0.1, 0.15) is 0 Å². The molecule has 0 unspecified atom stereocenters. The molecule has 0 spiro atoms. The standard InChI is InChI=1S/C16H18.C13H20/c1-3-13-9-5-7-11-15(13)16-12-8-6-10-14(16)4-2;1-6-12-9(3)8-10(4)13(7-2)11(12)5/h5-12H,3-4H2,1-2H3;8H,6-7H2,1-5H3. The lowest BCUT2D eigenvalue weighted by atomic mass is 9.91. The van der Waals surface area contributed by atoms with Gasteiger partial charge in [0, 0.05) is 0 Å². The van der Waals surface area contributed by atoms with Crippen LogP contribution in [0.1, 0.15) is 66.6 Å². The van der Waals surface area contributed by atoms with Gasteiger partial charge in [0.25, 0.3) is 0 Å². The van der Waals surface area contributed by atoms with Crippen molar-refractivity contribution in [1.29, 1.82) is 0 Å². The predicted octanol–water partition coefficient (Wildman–Crippen LogP) is 8.22. The normalized spacial score (nSPS) is 10.4. The second-order valence-corrected chi connectivity index (χ2v) is 7.82. The van der Waals surface area contributed by atoms with Crippen molar-refractivity contribution < 1.29 is 0 Å². The molecular weight excluding hydrogens is 348 g/mol. The van der Waals surface area contributed by atoms with Crippen molar-refractivity contribution in [2.24, 2.45) is 0 Å². The van der Waals surface area contributed by atoms with Crippen LogP contribution in [0.15, 0.2) is 54.6 Å². The quantitative estimate of drug-likeness (QED) is 0.414. The zero-order chi connectivity index (χ0) is 21.4. The maximum atomic E-state index is 2.32. The van der Waals surface area contributed by atoms with Gasteiger partial charge in [0.15, 0.2) is 0 Å². The Bertz CT molecular complexity index is 857. The number of rotatable bonds is 5. The highest BCUT2D eigenvalue weighted by atomic mass is 14.1. The largest absolute Gasteiger partial charge is 0.0620 e. The monoisotopic (exact) mass is 386 g/mol. The molecule has 0 amide bonds. The zero-order valence-corrected chi connectivity index (χ0v) is 19.5. The lowest BCUT2D eigenvalue weighted by Gasteiger charge is -2.15. The van der Waals surface area contributed by atoms with Crippen molar-refractivity contribution >= 4 is 0 Å². The summed E-state index contributed by atoms with van der Waals surface area (Å²) in [6.07, 6.45) is 4.50. The third-order valence-corrected chi connectivity index (χ3v) is 6.08. The number of hydrogen-bond acceptors (Lipinski definition) is 0. The van der Waals surface area contributed by atoms with Gasteiger partial charge in [-0.25, -0.2) is 0 Å². The van der Waals surface area contributed by atoms with Crippen molar-refractivity contribution in [3.8, 4) is 11.1 Å². The summed E-state index contributed by atoms with van der Waals surface area (Å²) < 4.78 is 0. The van der Waals surface area contributed by atoms with E-state index in [4.69, 9.17) is 0 Å². The molecule has 0 aliphatic heterocycles. The van der Waals surface area contributed by atoms with Crippen LogP contribution in [0.5, 0.6) is 0 Å². The SMILES string of the molecule is CCc1c(C)cc(C)c(CC)c1C.CCc1ccccc1-c1ccccc1CC. The van der Waals surface area contributed by atoms with Gasteiger partial charge in [-0.3, -0.25) is 0 Å². The van der Waals surface area contributed by atoms with E-state index in [2.05, 4.69) is 103 Å². The van der Waals surface area contributed by atoms with E-state index in [0.717, 1.165) is 25.7 Å². The Morgan fingerprint density at radius 1 is 0.517 bits per heavy atom. The molecule has 29 heavy (non-hydrogen) atoms. The maximum absolute atomic E-state index is 2.32. The fourth-order valence-electron chi connectivity index (χ4n) is 4.54. The maximum Gasteiger partial charge on any atom is -0.0149 e. The highest BCUT2D eigenvalue weighted by molar-refractivity contribution is 5.70. The molecular formula is C29H38. The summed E-state index contributed by atoms with van der Waals surface area (Å²) in [7, 11) is 0. The van der Waals surface area contributed by atoms with Crippen LogP contribution in [0, 0.1) is 20.8 Å². The molecule has 0 aliphatic rings. The minimum Gasteiger partial charge on any atom is -0.0620 e. The van der Waals surface area contributed by atoms with Crippen LogP contribution in [-0.4, -0.2) is 0 Å². The molecule has 0 bridgehead atoms. The summed E-state index contributed by atoms with van der Waals surface area (Å²) in [4.78, 5) is 0. The molecule has 0 heterocycles. The van der Waals surface area contributed by atoms with E-state index < -0.39 is 0 Å². The minimum atomic E-state index is 1.09. The van der Waals surface area contributed by atoms with Crippen molar-refractivity contribution in [1.82, 2.24) is 0 Å². The fourth-order valence-corrected chi connectivity index (χ4v) is 4.54. The van der Waals surface area contributed by atoms with Crippen LogP contribution in [0.2, 0.25) is 0 Å². The molecule has 3 rings (SSSR count). The van der Waals surface area contributed by atoms with Gasteiger partial charge >= 0.3 is 0 Å². The fraction of sp³-hybridized carbons (Fsp3) is 0.379. The van der Waals surface area contributed by atoms with Crippen molar-refractivity contribution in [2.45, 2.75) is 74.1 Å². The lowest BCUT2D eigenvalue weighted by molar-refractivity contribution is 1.01. The van der Waals surface area contributed by atoms with Crippen molar-refractivity contribution in [2.75, 3.05) is 0 Å². The van der Waals surface area contributed by atoms with E-state index in [1.165, 1.54) is 38.9 Å². The first-order valence-corrected chi connectivity index (χ1v) is 11.2. The average Bonchev–Trinajstić information content (AvgIpc) is 2.74. The summed E-state index contributed by atoms with van der Waals surface area (Å²) in [5.74, 6) is 0. The van der Waals surface area contributed by atoms with E-state index >= 15 is 0 Å². The third kappa shape index (κ3) is 5.38. The first-order chi connectivity index (χ1) is 14.0. The molecule has 0 radical (unpaired) electrons. The molecule has 0 saturated carbocycles. The van der Waals surface area contributed by atoms with Gasteiger partial charge < -0.3 is 0 Å². The molecule has 0 saturated heterocycles. The topological polar surface area (TPSA) is 0 Å². The highest BCUT2D eigenvalue weighted by Gasteiger charge is 2.08. The number of hydrogen-bond donors (Lipinski definition) is 0. The van der Waals surface area contributed by atoms with Crippen LogP contribution in [0.3, 0.4) is 0 Å². The molecule has 3 aromatic carbocycles. The third-order valence-electron chi connectivity index (χ3n) is 6.08. The Kier molecular flexibility index (Phi) is 8.70. The van der Waals surface area contributed by atoms with Crippen LogP contribution < -0.4 is 0 Å². The summed E-state index contributed by atoms with van der Waals surface area (Å²) in [5, 5.41) is 0. The second-order valence-electron chi connectivity index (χ2n) is 7.82. The average molecular weight is 387 g/mol. The molecule has 0 aliphatic carbocycles.